The molecule has 3 nitrogen and oxygen atoms in total. The van der Waals surface area contributed by atoms with Crippen molar-refractivity contribution >= 4 is 0 Å². The first-order valence-electron chi connectivity index (χ1n) is 4.20. The first-order chi connectivity index (χ1) is 6.33. The Bertz CT molecular complexity index is 323. The summed E-state index contributed by atoms with van der Waals surface area (Å²) in [5.74, 6) is 0. The molecule has 1 aliphatic carbocycles. The number of hydrogen-bond acceptors (Lipinski definition) is 3. The molecule has 0 radical (unpaired) electrons. The predicted octanol–water partition coefficient (Wildman–Crippen LogP) is 2.35. The van der Waals surface area contributed by atoms with Crippen molar-refractivity contribution < 1.29 is 5.11 Å². The molecule has 0 aromatic rings. The van der Waals surface area contributed by atoms with Gasteiger partial charge in [0.1, 0.15) is 17.7 Å². The lowest BCUT2D eigenvalue weighted by Gasteiger charge is -2.16. The topological polar surface area (TPSA) is 67.8 Å². The van der Waals surface area contributed by atoms with Crippen LogP contribution >= 0.6 is 0 Å². The number of nitrogens with zero attached hydrogens (tertiary/aromatic N) is 2. The van der Waals surface area contributed by atoms with Crippen LogP contribution in [0, 0.1) is 22.7 Å². The highest BCUT2D eigenvalue weighted by molar-refractivity contribution is 5.49. The number of hydrogen-bond donors (Lipinski definition) is 1. The van der Waals surface area contributed by atoms with E-state index < -0.39 is 0 Å². The van der Waals surface area contributed by atoms with Crippen molar-refractivity contribution in [1.82, 2.24) is 0 Å². The lowest BCUT2D eigenvalue weighted by molar-refractivity contribution is 0.460. The summed E-state index contributed by atoms with van der Waals surface area (Å²) in [6, 6.07) is 3.70. The summed E-state index contributed by atoms with van der Waals surface area (Å²) in [6.45, 7) is 0. The zero-order valence-electron chi connectivity index (χ0n) is 7.25. The molecule has 0 spiro atoms. The third-order valence-electron chi connectivity index (χ3n) is 2.19. The molecule has 66 valence electrons. The molecule has 0 unspecified atom stereocenters. The minimum atomic E-state index is 0.139. The van der Waals surface area contributed by atoms with E-state index >= 15 is 0 Å². The van der Waals surface area contributed by atoms with Gasteiger partial charge in [-0.3, -0.25) is 0 Å². The second-order valence-corrected chi connectivity index (χ2v) is 2.94. The molecule has 1 N–H and O–H groups in total. The minimum Gasteiger partial charge on any atom is -0.515 e. The van der Waals surface area contributed by atoms with Gasteiger partial charge in [-0.15, -0.1) is 0 Å². The SMILES string of the molecule is N#CC(C#N)=C1CCCC/C1=C\O. The summed E-state index contributed by atoms with van der Waals surface area (Å²) in [5, 5.41) is 26.2. The minimum absolute atomic E-state index is 0.139. The van der Waals surface area contributed by atoms with Crippen LogP contribution in [-0.2, 0) is 0 Å². The molecule has 1 saturated carbocycles. The van der Waals surface area contributed by atoms with Gasteiger partial charge in [-0.25, -0.2) is 0 Å². The van der Waals surface area contributed by atoms with Crippen LogP contribution in [0.3, 0.4) is 0 Å². The Morgan fingerprint density at radius 2 is 1.85 bits per heavy atom. The normalized spacial score (nSPS) is 19.2. The molecular formula is C10H10N2O. The molecule has 0 atom stereocenters. The lowest BCUT2D eigenvalue weighted by atomic mass is 9.87. The fraction of sp³-hybridized carbons (Fsp3) is 0.400. The molecule has 0 aromatic heterocycles. The summed E-state index contributed by atoms with van der Waals surface area (Å²) in [4.78, 5) is 0. The Labute approximate surface area is 77.2 Å². The fourth-order valence-electron chi connectivity index (χ4n) is 1.52. The fourth-order valence-corrected chi connectivity index (χ4v) is 1.52. The molecule has 0 aliphatic heterocycles. The van der Waals surface area contributed by atoms with Crippen molar-refractivity contribution in [2.75, 3.05) is 0 Å². The highest BCUT2D eigenvalue weighted by Crippen LogP contribution is 2.30. The first-order valence-corrected chi connectivity index (χ1v) is 4.20. The highest BCUT2D eigenvalue weighted by atomic mass is 16.2. The van der Waals surface area contributed by atoms with Gasteiger partial charge in [-0.2, -0.15) is 10.5 Å². The van der Waals surface area contributed by atoms with Gasteiger partial charge in [0.15, 0.2) is 0 Å². The second-order valence-electron chi connectivity index (χ2n) is 2.94. The van der Waals surface area contributed by atoms with Gasteiger partial charge in [-0.1, -0.05) is 0 Å². The van der Waals surface area contributed by atoms with Crippen LogP contribution in [0.5, 0.6) is 0 Å². The maximum atomic E-state index is 8.89. The summed E-state index contributed by atoms with van der Waals surface area (Å²) in [6.07, 6.45) is 4.50. The van der Waals surface area contributed by atoms with Crippen molar-refractivity contribution in [1.29, 1.82) is 10.5 Å². The zero-order valence-corrected chi connectivity index (χ0v) is 7.25. The van der Waals surface area contributed by atoms with Crippen molar-refractivity contribution in [3.8, 4) is 12.1 Å². The van der Waals surface area contributed by atoms with Gasteiger partial charge in [0.25, 0.3) is 0 Å². The van der Waals surface area contributed by atoms with E-state index in [0.717, 1.165) is 43.1 Å². The van der Waals surface area contributed by atoms with Crippen LogP contribution < -0.4 is 0 Å². The Kier molecular flexibility index (Phi) is 3.11. The lowest BCUT2D eigenvalue weighted by Crippen LogP contribution is -2.01. The maximum absolute atomic E-state index is 8.89. The summed E-state index contributed by atoms with van der Waals surface area (Å²) in [5.41, 5.74) is 1.60. The van der Waals surface area contributed by atoms with Gasteiger partial charge in [0.2, 0.25) is 0 Å². The number of rotatable bonds is 0. The van der Waals surface area contributed by atoms with E-state index in [1.807, 2.05) is 12.1 Å². The van der Waals surface area contributed by atoms with Gasteiger partial charge in [0.05, 0.1) is 6.26 Å². The number of aliphatic hydroxyl groups is 1. The van der Waals surface area contributed by atoms with Crippen LogP contribution in [0.25, 0.3) is 0 Å². The van der Waals surface area contributed by atoms with Gasteiger partial charge in [0, 0.05) is 0 Å². The number of nitriles is 2. The van der Waals surface area contributed by atoms with Gasteiger partial charge >= 0.3 is 0 Å². The molecule has 0 aromatic carbocycles. The van der Waals surface area contributed by atoms with E-state index in [1.165, 1.54) is 0 Å². The second kappa shape index (κ2) is 4.33. The first kappa shape index (κ1) is 9.35. The van der Waals surface area contributed by atoms with E-state index in [9.17, 15) is 0 Å². The van der Waals surface area contributed by atoms with Crippen molar-refractivity contribution in [2.24, 2.45) is 0 Å². The Morgan fingerprint density at radius 3 is 2.38 bits per heavy atom. The average Bonchev–Trinajstić information content (AvgIpc) is 2.20. The molecule has 3 heteroatoms. The maximum Gasteiger partial charge on any atom is 0.133 e. The third kappa shape index (κ3) is 1.89. The van der Waals surface area contributed by atoms with Crippen molar-refractivity contribution in [3.05, 3.63) is 23.0 Å². The largest absolute Gasteiger partial charge is 0.515 e. The van der Waals surface area contributed by atoms with E-state index in [4.69, 9.17) is 15.6 Å². The quantitative estimate of drug-likeness (QED) is 0.452. The van der Waals surface area contributed by atoms with E-state index in [2.05, 4.69) is 0 Å². The third-order valence-corrected chi connectivity index (χ3v) is 2.19. The van der Waals surface area contributed by atoms with E-state index in [0.29, 0.717) is 0 Å². The average molecular weight is 174 g/mol. The van der Waals surface area contributed by atoms with Crippen LogP contribution in [-0.4, -0.2) is 5.11 Å². The predicted molar refractivity (Wildman–Crippen MR) is 47.4 cm³/mol. The summed E-state index contributed by atoms with van der Waals surface area (Å²) in [7, 11) is 0. The molecule has 13 heavy (non-hydrogen) atoms. The van der Waals surface area contributed by atoms with Crippen LogP contribution in [0.2, 0.25) is 0 Å². The molecule has 0 amide bonds. The number of aliphatic hydroxyl groups excluding tert-OH is 1. The van der Waals surface area contributed by atoms with Gasteiger partial charge < -0.3 is 5.11 Å². The van der Waals surface area contributed by atoms with Gasteiger partial charge in [-0.05, 0) is 36.8 Å². The molecule has 0 saturated heterocycles. The standard InChI is InChI=1S/C10H10N2O/c11-5-9(6-12)10-4-2-1-3-8(10)7-13/h7,13H,1-4H2/b8-7+. The Hall–Kier alpha value is -1.74. The van der Waals surface area contributed by atoms with Crippen molar-refractivity contribution in [3.63, 3.8) is 0 Å². The summed E-state index contributed by atoms with van der Waals surface area (Å²) < 4.78 is 0. The highest BCUT2D eigenvalue weighted by Gasteiger charge is 2.16. The molecular weight excluding hydrogens is 164 g/mol. The van der Waals surface area contributed by atoms with Crippen LogP contribution in [0.1, 0.15) is 25.7 Å². The smallest absolute Gasteiger partial charge is 0.133 e. The Balaban J connectivity index is 3.09. The molecule has 0 bridgehead atoms. The molecule has 1 fully saturated rings. The van der Waals surface area contributed by atoms with Crippen LogP contribution in [0.4, 0.5) is 0 Å². The zero-order chi connectivity index (χ0) is 9.68. The number of allylic oxidation sites excluding steroid dienone is 3. The molecule has 1 rings (SSSR count). The summed E-state index contributed by atoms with van der Waals surface area (Å²) >= 11 is 0. The van der Waals surface area contributed by atoms with E-state index in [1.54, 1.807) is 0 Å². The molecule has 0 heterocycles. The monoisotopic (exact) mass is 174 g/mol. The van der Waals surface area contributed by atoms with Crippen LogP contribution in [0.15, 0.2) is 23.0 Å². The molecule has 1 aliphatic rings. The van der Waals surface area contributed by atoms with E-state index in [-0.39, 0.29) is 5.57 Å². The van der Waals surface area contributed by atoms with Crippen molar-refractivity contribution in [2.45, 2.75) is 25.7 Å². The Morgan fingerprint density at radius 1 is 1.23 bits per heavy atom.